The first-order valence-corrected chi connectivity index (χ1v) is 6.64. The van der Waals surface area contributed by atoms with Gasteiger partial charge >= 0.3 is 0 Å². The summed E-state index contributed by atoms with van der Waals surface area (Å²) in [5, 5.41) is 12.2. The van der Waals surface area contributed by atoms with Crippen molar-refractivity contribution in [2.24, 2.45) is 0 Å². The Morgan fingerprint density at radius 3 is 2.62 bits per heavy atom. The highest BCUT2D eigenvalue weighted by Gasteiger charge is 2.19. The molecule has 4 heteroatoms. The van der Waals surface area contributed by atoms with Gasteiger partial charge in [0.15, 0.2) is 0 Å². The molecule has 0 radical (unpaired) electrons. The number of para-hydroxylation sites is 1. The molecule has 0 heterocycles. The van der Waals surface area contributed by atoms with E-state index in [0.717, 1.165) is 11.3 Å². The molecule has 0 saturated carbocycles. The van der Waals surface area contributed by atoms with E-state index in [9.17, 15) is 4.79 Å². The molecule has 0 aliphatic heterocycles. The van der Waals surface area contributed by atoms with Crippen LogP contribution in [0.15, 0.2) is 42.5 Å². The van der Waals surface area contributed by atoms with Gasteiger partial charge in [0.1, 0.15) is 6.07 Å². The Kier molecular flexibility index (Phi) is 4.24. The molecule has 0 bridgehead atoms. The van der Waals surface area contributed by atoms with E-state index in [1.807, 2.05) is 31.2 Å². The number of rotatable bonds is 3. The highest BCUT2D eigenvalue weighted by Crippen LogP contribution is 2.24. The molecule has 1 amide bonds. The predicted molar refractivity (Wildman–Crippen MR) is 84.6 cm³/mol. The molecule has 0 aromatic heterocycles. The van der Waals surface area contributed by atoms with Crippen LogP contribution in [0, 0.1) is 18.3 Å². The van der Waals surface area contributed by atoms with Crippen molar-refractivity contribution >= 4 is 17.3 Å². The van der Waals surface area contributed by atoms with Crippen LogP contribution in [0.1, 0.15) is 21.5 Å². The lowest BCUT2D eigenvalue weighted by Gasteiger charge is -2.20. The van der Waals surface area contributed by atoms with Crippen LogP contribution in [0.3, 0.4) is 0 Å². The van der Waals surface area contributed by atoms with Crippen molar-refractivity contribution in [3.05, 3.63) is 59.2 Å². The minimum absolute atomic E-state index is 0.147. The quantitative estimate of drug-likeness (QED) is 0.938. The molecule has 0 spiro atoms. The molecule has 2 aromatic rings. The molecular weight excluding hydrogens is 262 g/mol. The third kappa shape index (κ3) is 2.87. The molecule has 0 aliphatic rings. The topological polar surface area (TPSA) is 56.1 Å². The minimum atomic E-state index is -0.147. The van der Waals surface area contributed by atoms with E-state index in [1.54, 1.807) is 32.3 Å². The zero-order chi connectivity index (χ0) is 15.4. The van der Waals surface area contributed by atoms with E-state index in [1.165, 1.54) is 4.90 Å². The van der Waals surface area contributed by atoms with E-state index in [0.29, 0.717) is 16.8 Å². The molecule has 2 aromatic carbocycles. The van der Waals surface area contributed by atoms with Crippen LogP contribution in [-0.4, -0.2) is 20.0 Å². The maximum atomic E-state index is 12.7. The molecule has 0 saturated heterocycles. The molecule has 0 unspecified atom stereocenters. The van der Waals surface area contributed by atoms with Crippen molar-refractivity contribution in [3.8, 4) is 6.07 Å². The fourth-order valence-electron chi connectivity index (χ4n) is 2.20. The zero-order valence-electron chi connectivity index (χ0n) is 12.3. The third-order valence-corrected chi connectivity index (χ3v) is 3.37. The third-order valence-electron chi connectivity index (χ3n) is 3.37. The van der Waals surface area contributed by atoms with Gasteiger partial charge in [-0.25, -0.2) is 0 Å². The summed E-state index contributed by atoms with van der Waals surface area (Å²) in [5.41, 5.74) is 3.46. The van der Waals surface area contributed by atoms with E-state index >= 15 is 0 Å². The number of benzene rings is 2. The summed E-state index contributed by atoms with van der Waals surface area (Å²) >= 11 is 0. The van der Waals surface area contributed by atoms with Crippen LogP contribution < -0.4 is 10.2 Å². The summed E-state index contributed by atoms with van der Waals surface area (Å²) in [6.45, 7) is 1.94. The number of carbonyl (C=O) groups is 1. The molecule has 1 N–H and O–H groups in total. The molecule has 2 rings (SSSR count). The van der Waals surface area contributed by atoms with Crippen LogP contribution in [0.25, 0.3) is 0 Å². The average molecular weight is 279 g/mol. The van der Waals surface area contributed by atoms with E-state index in [4.69, 9.17) is 5.26 Å². The molecule has 0 fully saturated rings. The molecule has 0 aliphatic carbocycles. The van der Waals surface area contributed by atoms with Gasteiger partial charge in [-0.05, 0) is 31.2 Å². The lowest BCUT2D eigenvalue weighted by atomic mass is 10.1. The first kappa shape index (κ1) is 14.6. The van der Waals surface area contributed by atoms with Gasteiger partial charge in [-0.15, -0.1) is 0 Å². The number of amides is 1. The SMILES string of the molecule is CNc1ccc(C)cc1C(=O)N(C)c1ccccc1C#N. The Bertz CT molecular complexity index is 716. The molecule has 4 nitrogen and oxygen atoms in total. The highest BCUT2D eigenvalue weighted by atomic mass is 16.2. The van der Waals surface area contributed by atoms with Crippen LogP contribution in [0.4, 0.5) is 11.4 Å². The van der Waals surface area contributed by atoms with Crippen molar-refractivity contribution in [3.63, 3.8) is 0 Å². The highest BCUT2D eigenvalue weighted by molar-refractivity contribution is 6.09. The van der Waals surface area contributed by atoms with Gasteiger partial charge in [-0.2, -0.15) is 5.26 Å². The number of nitrogens with one attached hydrogen (secondary N) is 1. The molecular formula is C17H17N3O. The largest absolute Gasteiger partial charge is 0.387 e. The Labute approximate surface area is 124 Å². The van der Waals surface area contributed by atoms with Crippen LogP contribution in [0.5, 0.6) is 0 Å². The maximum Gasteiger partial charge on any atom is 0.260 e. The average Bonchev–Trinajstić information content (AvgIpc) is 2.53. The fourth-order valence-corrected chi connectivity index (χ4v) is 2.20. The van der Waals surface area contributed by atoms with Gasteiger partial charge in [0.25, 0.3) is 5.91 Å². The summed E-state index contributed by atoms with van der Waals surface area (Å²) in [5.74, 6) is -0.147. The summed E-state index contributed by atoms with van der Waals surface area (Å²) in [6.07, 6.45) is 0. The van der Waals surface area contributed by atoms with Gasteiger partial charge in [-0.1, -0.05) is 23.8 Å². The molecule has 106 valence electrons. The van der Waals surface area contributed by atoms with Crippen molar-refractivity contribution in [2.75, 3.05) is 24.3 Å². The Morgan fingerprint density at radius 1 is 1.24 bits per heavy atom. The molecule has 0 atom stereocenters. The Balaban J connectivity index is 2.45. The minimum Gasteiger partial charge on any atom is -0.387 e. The smallest absolute Gasteiger partial charge is 0.260 e. The Hall–Kier alpha value is -2.80. The second-order valence-electron chi connectivity index (χ2n) is 4.79. The van der Waals surface area contributed by atoms with E-state index in [-0.39, 0.29) is 5.91 Å². The monoisotopic (exact) mass is 279 g/mol. The number of hydrogen-bond acceptors (Lipinski definition) is 3. The van der Waals surface area contributed by atoms with Crippen molar-refractivity contribution in [2.45, 2.75) is 6.92 Å². The predicted octanol–water partition coefficient (Wildman–Crippen LogP) is 3.19. The van der Waals surface area contributed by atoms with Crippen molar-refractivity contribution in [1.29, 1.82) is 5.26 Å². The van der Waals surface area contributed by atoms with Gasteiger partial charge in [0.05, 0.1) is 16.8 Å². The summed E-state index contributed by atoms with van der Waals surface area (Å²) in [7, 11) is 3.46. The number of nitrogens with zero attached hydrogens (tertiary/aromatic N) is 2. The zero-order valence-corrected chi connectivity index (χ0v) is 12.3. The number of aryl methyl sites for hydroxylation is 1. The summed E-state index contributed by atoms with van der Waals surface area (Å²) in [4.78, 5) is 14.2. The first-order chi connectivity index (χ1) is 10.1. The summed E-state index contributed by atoms with van der Waals surface area (Å²) < 4.78 is 0. The Morgan fingerprint density at radius 2 is 1.95 bits per heavy atom. The maximum absolute atomic E-state index is 12.7. The van der Waals surface area contributed by atoms with Gasteiger partial charge in [0.2, 0.25) is 0 Å². The van der Waals surface area contributed by atoms with E-state index in [2.05, 4.69) is 11.4 Å². The number of anilines is 2. The summed E-state index contributed by atoms with van der Waals surface area (Å²) in [6, 6.07) is 14.9. The number of carbonyl (C=O) groups excluding carboxylic acids is 1. The van der Waals surface area contributed by atoms with E-state index < -0.39 is 0 Å². The van der Waals surface area contributed by atoms with Gasteiger partial charge in [0, 0.05) is 19.8 Å². The van der Waals surface area contributed by atoms with Crippen molar-refractivity contribution in [1.82, 2.24) is 0 Å². The second-order valence-corrected chi connectivity index (χ2v) is 4.79. The fraction of sp³-hybridized carbons (Fsp3) is 0.176. The number of nitriles is 1. The van der Waals surface area contributed by atoms with Crippen LogP contribution in [-0.2, 0) is 0 Å². The normalized spacial score (nSPS) is 9.81. The number of hydrogen-bond donors (Lipinski definition) is 1. The molecule has 21 heavy (non-hydrogen) atoms. The standard InChI is InChI=1S/C17H17N3O/c1-12-8-9-15(19-2)14(10-12)17(21)20(3)16-7-5-4-6-13(16)11-18/h4-10,19H,1-3H3. The first-order valence-electron chi connectivity index (χ1n) is 6.64. The second kappa shape index (κ2) is 6.10. The van der Waals surface area contributed by atoms with Gasteiger partial charge in [-0.3, -0.25) is 4.79 Å². The lowest BCUT2D eigenvalue weighted by molar-refractivity contribution is 0.0993. The lowest BCUT2D eigenvalue weighted by Crippen LogP contribution is -2.27. The van der Waals surface area contributed by atoms with Crippen molar-refractivity contribution < 1.29 is 4.79 Å². The van der Waals surface area contributed by atoms with Gasteiger partial charge < -0.3 is 10.2 Å². The van der Waals surface area contributed by atoms with Crippen LogP contribution >= 0.6 is 0 Å². The van der Waals surface area contributed by atoms with Crippen LogP contribution in [0.2, 0.25) is 0 Å².